The van der Waals surface area contributed by atoms with Crippen LogP contribution >= 0.6 is 0 Å². The minimum atomic E-state index is -0.708. The summed E-state index contributed by atoms with van der Waals surface area (Å²) in [5, 5.41) is 8.89. The van der Waals surface area contributed by atoms with E-state index in [2.05, 4.69) is 11.8 Å². The van der Waals surface area contributed by atoms with E-state index in [0.29, 0.717) is 5.56 Å². The standard InChI is InChI=1S/C11H11FO2/c1-8(13)3-4-9-5-6-11(14-2)10(12)7-9/h5-8,13H,1-2H3. The maximum absolute atomic E-state index is 13.1. The number of halogens is 1. The van der Waals surface area contributed by atoms with Gasteiger partial charge in [0.05, 0.1) is 7.11 Å². The third kappa shape index (κ3) is 2.75. The van der Waals surface area contributed by atoms with Crippen LogP contribution in [-0.4, -0.2) is 18.3 Å². The molecule has 0 heterocycles. The summed E-state index contributed by atoms with van der Waals surface area (Å²) in [6.07, 6.45) is -0.708. The monoisotopic (exact) mass is 194 g/mol. The lowest BCUT2D eigenvalue weighted by Crippen LogP contribution is -1.93. The van der Waals surface area contributed by atoms with E-state index in [1.807, 2.05) is 0 Å². The van der Waals surface area contributed by atoms with Crippen LogP contribution in [0, 0.1) is 17.7 Å². The number of hydrogen-bond donors (Lipinski definition) is 1. The molecule has 0 saturated heterocycles. The number of rotatable bonds is 1. The van der Waals surface area contributed by atoms with Crippen LogP contribution in [0.5, 0.6) is 5.75 Å². The highest BCUT2D eigenvalue weighted by atomic mass is 19.1. The summed E-state index contributed by atoms with van der Waals surface area (Å²) >= 11 is 0. The fraction of sp³-hybridized carbons (Fsp3) is 0.273. The molecule has 0 spiro atoms. The zero-order chi connectivity index (χ0) is 10.6. The van der Waals surface area contributed by atoms with Crippen LogP contribution in [0.3, 0.4) is 0 Å². The van der Waals surface area contributed by atoms with E-state index in [0.717, 1.165) is 0 Å². The van der Waals surface area contributed by atoms with Gasteiger partial charge in [-0.1, -0.05) is 11.8 Å². The summed E-state index contributed by atoms with van der Waals surface area (Å²) in [5.41, 5.74) is 0.518. The van der Waals surface area contributed by atoms with Crippen LogP contribution in [-0.2, 0) is 0 Å². The van der Waals surface area contributed by atoms with Gasteiger partial charge in [-0.15, -0.1) is 0 Å². The van der Waals surface area contributed by atoms with Crippen molar-refractivity contribution in [3.8, 4) is 17.6 Å². The molecular weight excluding hydrogens is 183 g/mol. The molecule has 2 nitrogen and oxygen atoms in total. The lowest BCUT2D eigenvalue weighted by atomic mass is 10.2. The second-order valence-electron chi connectivity index (χ2n) is 2.79. The van der Waals surface area contributed by atoms with Crippen LogP contribution in [0.2, 0.25) is 0 Å². The third-order valence-electron chi connectivity index (χ3n) is 1.58. The fourth-order valence-electron chi connectivity index (χ4n) is 0.932. The first kappa shape index (κ1) is 10.6. The molecule has 0 aliphatic rings. The molecule has 1 aromatic carbocycles. The van der Waals surface area contributed by atoms with Gasteiger partial charge in [0.1, 0.15) is 6.10 Å². The van der Waals surface area contributed by atoms with E-state index in [1.165, 1.54) is 19.2 Å². The smallest absolute Gasteiger partial charge is 0.166 e. The van der Waals surface area contributed by atoms with Crippen molar-refractivity contribution in [1.82, 2.24) is 0 Å². The number of aliphatic hydroxyl groups is 1. The van der Waals surface area contributed by atoms with Crippen LogP contribution in [0.4, 0.5) is 4.39 Å². The van der Waals surface area contributed by atoms with Crippen molar-refractivity contribution in [2.24, 2.45) is 0 Å². The average molecular weight is 194 g/mol. The molecule has 1 N–H and O–H groups in total. The van der Waals surface area contributed by atoms with Gasteiger partial charge in [-0.05, 0) is 25.1 Å². The Morgan fingerprint density at radius 2 is 2.21 bits per heavy atom. The SMILES string of the molecule is COc1ccc(C#CC(C)O)cc1F. The number of aliphatic hydroxyl groups excluding tert-OH is 1. The van der Waals surface area contributed by atoms with Crippen molar-refractivity contribution < 1.29 is 14.2 Å². The van der Waals surface area contributed by atoms with Gasteiger partial charge in [0, 0.05) is 5.56 Å². The van der Waals surface area contributed by atoms with Crippen molar-refractivity contribution >= 4 is 0 Å². The van der Waals surface area contributed by atoms with Crippen molar-refractivity contribution in [2.45, 2.75) is 13.0 Å². The molecule has 0 bridgehead atoms. The minimum absolute atomic E-state index is 0.188. The fourth-order valence-corrected chi connectivity index (χ4v) is 0.932. The van der Waals surface area contributed by atoms with Crippen molar-refractivity contribution in [1.29, 1.82) is 0 Å². The normalized spacial score (nSPS) is 11.4. The Labute approximate surface area is 82.3 Å². The lowest BCUT2D eigenvalue weighted by Gasteiger charge is -2.00. The first-order valence-corrected chi connectivity index (χ1v) is 4.16. The number of hydrogen-bond acceptors (Lipinski definition) is 2. The minimum Gasteiger partial charge on any atom is -0.494 e. The maximum Gasteiger partial charge on any atom is 0.166 e. The van der Waals surface area contributed by atoms with Gasteiger partial charge in [0.15, 0.2) is 11.6 Å². The molecule has 0 fully saturated rings. The molecule has 14 heavy (non-hydrogen) atoms. The molecular formula is C11H11FO2. The molecule has 0 amide bonds. The highest BCUT2D eigenvalue weighted by Gasteiger charge is 2.01. The number of methoxy groups -OCH3 is 1. The lowest BCUT2D eigenvalue weighted by molar-refractivity contribution is 0.253. The molecule has 0 radical (unpaired) electrons. The van der Waals surface area contributed by atoms with E-state index >= 15 is 0 Å². The Balaban J connectivity index is 2.94. The first-order valence-electron chi connectivity index (χ1n) is 4.16. The van der Waals surface area contributed by atoms with Crippen molar-refractivity contribution in [3.63, 3.8) is 0 Å². The van der Waals surface area contributed by atoms with E-state index in [4.69, 9.17) is 9.84 Å². The summed E-state index contributed by atoms with van der Waals surface area (Å²) < 4.78 is 17.9. The van der Waals surface area contributed by atoms with Gasteiger partial charge >= 0.3 is 0 Å². The highest BCUT2D eigenvalue weighted by molar-refractivity contribution is 5.39. The van der Waals surface area contributed by atoms with Gasteiger partial charge < -0.3 is 9.84 Å². The topological polar surface area (TPSA) is 29.5 Å². The first-order chi connectivity index (χ1) is 6.63. The summed E-state index contributed by atoms with van der Waals surface area (Å²) in [6, 6.07) is 4.41. The number of benzene rings is 1. The van der Waals surface area contributed by atoms with Gasteiger partial charge in [0.2, 0.25) is 0 Å². The maximum atomic E-state index is 13.1. The summed E-state index contributed by atoms with van der Waals surface area (Å²) in [6.45, 7) is 1.55. The molecule has 0 aromatic heterocycles. The second kappa shape index (κ2) is 4.64. The van der Waals surface area contributed by atoms with Gasteiger partial charge in [0.25, 0.3) is 0 Å². The largest absolute Gasteiger partial charge is 0.494 e. The Hall–Kier alpha value is -1.53. The zero-order valence-electron chi connectivity index (χ0n) is 8.04. The second-order valence-corrected chi connectivity index (χ2v) is 2.79. The van der Waals surface area contributed by atoms with E-state index in [1.54, 1.807) is 13.0 Å². The van der Waals surface area contributed by atoms with Crippen molar-refractivity contribution in [3.05, 3.63) is 29.6 Å². The molecule has 0 saturated carbocycles. The molecule has 3 heteroatoms. The van der Waals surface area contributed by atoms with Gasteiger partial charge in [-0.3, -0.25) is 0 Å². The Bertz CT molecular complexity index is 375. The highest BCUT2D eigenvalue weighted by Crippen LogP contribution is 2.16. The quantitative estimate of drug-likeness (QED) is 0.687. The van der Waals surface area contributed by atoms with E-state index in [-0.39, 0.29) is 5.75 Å². The number of ether oxygens (including phenoxy) is 1. The Morgan fingerprint density at radius 3 is 2.71 bits per heavy atom. The van der Waals surface area contributed by atoms with Gasteiger partial charge in [-0.25, -0.2) is 4.39 Å². The molecule has 0 aliphatic heterocycles. The van der Waals surface area contributed by atoms with Crippen LogP contribution in [0.25, 0.3) is 0 Å². The summed E-state index contributed by atoms with van der Waals surface area (Å²) in [4.78, 5) is 0. The summed E-state index contributed by atoms with van der Waals surface area (Å²) in [5.74, 6) is 4.90. The third-order valence-corrected chi connectivity index (χ3v) is 1.58. The van der Waals surface area contributed by atoms with Gasteiger partial charge in [-0.2, -0.15) is 0 Å². The molecule has 74 valence electrons. The van der Waals surface area contributed by atoms with E-state index in [9.17, 15) is 4.39 Å². The Morgan fingerprint density at radius 1 is 1.50 bits per heavy atom. The van der Waals surface area contributed by atoms with Crippen LogP contribution in [0.1, 0.15) is 12.5 Å². The van der Waals surface area contributed by atoms with Crippen molar-refractivity contribution in [2.75, 3.05) is 7.11 Å². The van der Waals surface area contributed by atoms with Crippen LogP contribution in [0.15, 0.2) is 18.2 Å². The zero-order valence-corrected chi connectivity index (χ0v) is 8.04. The molecule has 1 unspecified atom stereocenters. The predicted octanol–water partition coefficient (Wildman–Crippen LogP) is 1.57. The summed E-state index contributed by atoms with van der Waals surface area (Å²) in [7, 11) is 1.40. The van der Waals surface area contributed by atoms with E-state index < -0.39 is 11.9 Å². The molecule has 0 aliphatic carbocycles. The van der Waals surface area contributed by atoms with Crippen LogP contribution < -0.4 is 4.74 Å². The molecule has 1 atom stereocenters. The molecule has 1 rings (SSSR count). The Kier molecular flexibility index (Phi) is 3.49. The molecule has 1 aromatic rings. The average Bonchev–Trinajstić information content (AvgIpc) is 2.15. The predicted molar refractivity (Wildman–Crippen MR) is 51.5 cm³/mol.